The molecule has 2 N–H and O–H groups in total. The summed E-state index contributed by atoms with van der Waals surface area (Å²) in [5.41, 5.74) is 2.32. The molecule has 22 heavy (non-hydrogen) atoms. The summed E-state index contributed by atoms with van der Waals surface area (Å²) >= 11 is 0. The maximum absolute atomic E-state index is 12.4. The van der Waals surface area contributed by atoms with Gasteiger partial charge in [0.05, 0.1) is 0 Å². The number of hydrogen-bond acceptors (Lipinski definition) is 1. The first-order valence-electron chi connectivity index (χ1n) is 7.18. The number of para-hydroxylation sites is 1. The molecule has 4 aromatic rings. The zero-order valence-corrected chi connectivity index (χ0v) is 11.8. The Balaban J connectivity index is 1.76. The Bertz CT molecular complexity index is 970. The molecule has 0 aliphatic rings. The van der Waals surface area contributed by atoms with Crippen LogP contribution < -0.4 is 5.32 Å². The monoisotopic (exact) mass is 286 g/mol. The van der Waals surface area contributed by atoms with Crippen molar-refractivity contribution in [1.29, 1.82) is 0 Å². The molecule has 0 saturated carbocycles. The summed E-state index contributed by atoms with van der Waals surface area (Å²) < 4.78 is 0. The van der Waals surface area contributed by atoms with Crippen LogP contribution in [0.5, 0.6) is 0 Å². The molecule has 3 heteroatoms. The number of fused-ring (bicyclic) bond motifs is 3. The fraction of sp³-hybridized carbons (Fsp3) is 0. The van der Waals surface area contributed by atoms with E-state index < -0.39 is 0 Å². The van der Waals surface area contributed by atoms with E-state index >= 15 is 0 Å². The van der Waals surface area contributed by atoms with Crippen LogP contribution in [0.15, 0.2) is 72.8 Å². The van der Waals surface area contributed by atoms with Gasteiger partial charge in [0, 0.05) is 16.6 Å². The molecular weight excluding hydrogens is 272 g/mol. The number of carbonyl (C=O) groups is 1. The molecule has 3 aromatic carbocycles. The van der Waals surface area contributed by atoms with E-state index in [-0.39, 0.29) is 5.91 Å². The zero-order valence-electron chi connectivity index (χ0n) is 11.8. The maximum Gasteiger partial charge on any atom is 0.272 e. The molecule has 0 aliphatic carbocycles. The fourth-order valence-electron chi connectivity index (χ4n) is 2.73. The number of H-pyrrole nitrogens is 1. The molecule has 0 unspecified atom stereocenters. The number of anilines is 1. The second-order valence-electron chi connectivity index (χ2n) is 5.25. The Kier molecular flexibility index (Phi) is 2.90. The third-order valence-corrected chi connectivity index (χ3v) is 3.80. The molecule has 106 valence electrons. The third-order valence-electron chi connectivity index (χ3n) is 3.80. The summed E-state index contributed by atoms with van der Waals surface area (Å²) in [5, 5.41) is 6.28. The highest BCUT2D eigenvalue weighted by molar-refractivity contribution is 6.12. The number of aromatic nitrogens is 1. The molecule has 0 radical (unpaired) electrons. The Morgan fingerprint density at radius 2 is 1.59 bits per heavy atom. The molecule has 1 amide bonds. The van der Waals surface area contributed by atoms with E-state index in [0.29, 0.717) is 5.69 Å². The zero-order chi connectivity index (χ0) is 14.9. The van der Waals surface area contributed by atoms with Crippen LogP contribution in [0.1, 0.15) is 10.5 Å². The van der Waals surface area contributed by atoms with Crippen molar-refractivity contribution < 1.29 is 4.79 Å². The topological polar surface area (TPSA) is 44.9 Å². The number of nitrogens with one attached hydrogen (secondary N) is 2. The van der Waals surface area contributed by atoms with E-state index in [0.717, 1.165) is 22.0 Å². The molecule has 0 aliphatic heterocycles. The number of carbonyl (C=O) groups excluding carboxylic acids is 1. The summed E-state index contributed by atoms with van der Waals surface area (Å²) in [7, 11) is 0. The Morgan fingerprint density at radius 1 is 0.818 bits per heavy atom. The molecule has 3 nitrogen and oxygen atoms in total. The first kappa shape index (κ1) is 12.7. The normalized spacial score (nSPS) is 10.9. The lowest BCUT2D eigenvalue weighted by Gasteiger charge is -2.02. The van der Waals surface area contributed by atoms with Gasteiger partial charge in [-0.15, -0.1) is 0 Å². The van der Waals surface area contributed by atoms with Crippen LogP contribution in [-0.2, 0) is 0 Å². The Hall–Kier alpha value is -3.07. The second-order valence-corrected chi connectivity index (χ2v) is 5.25. The average Bonchev–Trinajstić information content (AvgIpc) is 3.00. The van der Waals surface area contributed by atoms with Gasteiger partial charge in [-0.3, -0.25) is 4.79 Å². The van der Waals surface area contributed by atoms with Crippen molar-refractivity contribution in [2.75, 3.05) is 5.32 Å². The van der Waals surface area contributed by atoms with Gasteiger partial charge in [-0.05, 0) is 35.0 Å². The number of benzene rings is 3. The molecule has 0 atom stereocenters. The first-order valence-corrected chi connectivity index (χ1v) is 7.18. The summed E-state index contributed by atoms with van der Waals surface area (Å²) in [6, 6.07) is 23.6. The van der Waals surface area contributed by atoms with Gasteiger partial charge in [-0.1, -0.05) is 48.5 Å². The SMILES string of the molecule is O=C(Nc1ccccc1)c1cc2c(ccc3ccccc32)[nH]1. The first-order chi connectivity index (χ1) is 10.8. The molecule has 0 fully saturated rings. The molecule has 1 heterocycles. The highest BCUT2D eigenvalue weighted by atomic mass is 16.1. The van der Waals surface area contributed by atoms with E-state index in [1.165, 1.54) is 5.39 Å². The van der Waals surface area contributed by atoms with Crippen LogP contribution in [0.4, 0.5) is 5.69 Å². The van der Waals surface area contributed by atoms with E-state index in [2.05, 4.69) is 28.5 Å². The Morgan fingerprint density at radius 3 is 2.45 bits per heavy atom. The second kappa shape index (κ2) is 5.04. The van der Waals surface area contributed by atoms with Crippen LogP contribution in [0.2, 0.25) is 0 Å². The number of hydrogen-bond donors (Lipinski definition) is 2. The summed E-state index contributed by atoms with van der Waals surface area (Å²) in [5.74, 6) is -0.133. The van der Waals surface area contributed by atoms with Gasteiger partial charge in [-0.2, -0.15) is 0 Å². The lowest BCUT2D eigenvalue weighted by molar-refractivity contribution is 0.102. The average molecular weight is 286 g/mol. The largest absolute Gasteiger partial charge is 0.351 e. The van der Waals surface area contributed by atoms with Crippen LogP contribution in [0.25, 0.3) is 21.7 Å². The summed E-state index contributed by atoms with van der Waals surface area (Å²) in [6.07, 6.45) is 0. The fourth-order valence-corrected chi connectivity index (χ4v) is 2.73. The van der Waals surface area contributed by atoms with E-state index in [1.54, 1.807) is 0 Å². The van der Waals surface area contributed by atoms with Crippen LogP contribution in [-0.4, -0.2) is 10.9 Å². The predicted octanol–water partition coefficient (Wildman–Crippen LogP) is 4.57. The van der Waals surface area contributed by atoms with Gasteiger partial charge >= 0.3 is 0 Å². The lowest BCUT2D eigenvalue weighted by atomic mass is 10.1. The van der Waals surface area contributed by atoms with Crippen LogP contribution in [0.3, 0.4) is 0 Å². The minimum Gasteiger partial charge on any atom is -0.351 e. The van der Waals surface area contributed by atoms with Crippen LogP contribution in [0, 0.1) is 0 Å². The van der Waals surface area contributed by atoms with Gasteiger partial charge in [0.2, 0.25) is 0 Å². The van der Waals surface area contributed by atoms with Crippen molar-refractivity contribution >= 4 is 33.3 Å². The highest BCUT2D eigenvalue weighted by Crippen LogP contribution is 2.26. The lowest BCUT2D eigenvalue weighted by Crippen LogP contribution is -2.11. The standard InChI is InChI=1S/C19H14N2O/c22-19(20-14-7-2-1-3-8-14)18-12-16-15-9-5-4-6-13(15)10-11-17(16)21-18/h1-12,21H,(H,20,22). The molecular formula is C19H14N2O. The van der Waals surface area contributed by atoms with Crippen molar-refractivity contribution in [3.8, 4) is 0 Å². The third kappa shape index (κ3) is 2.13. The molecule has 0 spiro atoms. The molecule has 0 saturated heterocycles. The minimum atomic E-state index is -0.133. The summed E-state index contributed by atoms with van der Waals surface area (Å²) in [6.45, 7) is 0. The highest BCUT2D eigenvalue weighted by Gasteiger charge is 2.11. The van der Waals surface area contributed by atoms with Crippen molar-refractivity contribution in [3.05, 3.63) is 78.5 Å². The predicted molar refractivity (Wildman–Crippen MR) is 90.2 cm³/mol. The van der Waals surface area contributed by atoms with E-state index in [1.807, 2.05) is 54.6 Å². The number of aromatic amines is 1. The van der Waals surface area contributed by atoms with Gasteiger partial charge in [0.15, 0.2) is 0 Å². The van der Waals surface area contributed by atoms with Crippen molar-refractivity contribution in [2.24, 2.45) is 0 Å². The summed E-state index contributed by atoms with van der Waals surface area (Å²) in [4.78, 5) is 15.6. The van der Waals surface area contributed by atoms with E-state index in [4.69, 9.17) is 0 Å². The van der Waals surface area contributed by atoms with Crippen LogP contribution >= 0.6 is 0 Å². The molecule has 4 rings (SSSR count). The van der Waals surface area contributed by atoms with Crippen molar-refractivity contribution in [3.63, 3.8) is 0 Å². The maximum atomic E-state index is 12.4. The van der Waals surface area contributed by atoms with Crippen molar-refractivity contribution in [2.45, 2.75) is 0 Å². The van der Waals surface area contributed by atoms with Gasteiger partial charge in [0.25, 0.3) is 5.91 Å². The minimum absolute atomic E-state index is 0.133. The Labute approximate surface area is 127 Å². The number of rotatable bonds is 2. The van der Waals surface area contributed by atoms with Crippen molar-refractivity contribution in [1.82, 2.24) is 4.98 Å². The van der Waals surface area contributed by atoms with Gasteiger partial charge < -0.3 is 10.3 Å². The number of amides is 1. The molecule has 1 aromatic heterocycles. The molecule has 0 bridgehead atoms. The van der Waals surface area contributed by atoms with E-state index in [9.17, 15) is 4.79 Å². The quantitative estimate of drug-likeness (QED) is 0.557. The van der Waals surface area contributed by atoms with Gasteiger partial charge in [-0.25, -0.2) is 0 Å². The smallest absolute Gasteiger partial charge is 0.272 e. The van der Waals surface area contributed by atoms with Gasteiger partial charge in [0.1, 0.15) is 5.69 Å².